The smallest absolute Gasteiger partial charge is 0.222 e. The molecule has 0 bridgehead atoms. The highest BCUT2D eigenvalue weighted by Gasteiger charge is 2.26. The fourth-order valence-electron chi connectivity index (χ4n) is 5.14. The molecule has 1 unspecified atom stereocenters. The van der Waals surface area contributed by atoms with Gasteiger partial charge in [-0.3, -0.25) is 0 Å². The van der Waals surface area contributed by atoms with E-state index in [0.717, 1.165) is 31.3 Å². The van der Waals surface area contributed by atoms with Crippen molar-refractivity contribution in [3.05, 3.63) is 18.0 Å². The number of rotatable bonds is 7. The van der Waals surface area contributed by atoms with Gasteiger partial charge in [0, 0.05) is 32.2 Å². The standard InChI is InChI=1S/C22H35N7/c23-12-20-13-25-22(26-14-20)27-21-6-11-28(17-21)10-5-18-2-1-9-29(15-18)16-19-3-7-24-8-4-19/h13-14,18-19,21,24H,1-11,15-17H2,(H,25,26,27)/t18?,21-/m1/s1. The van der Waals surface area contributed by atoms with Crippen LogP contribution >= 0.6 is 0 Å². The van der Waals surface area contributed by atoms with Crippen molar-refractivity contribution < 1.29 is 0 Å². The molecule has 4 rings (SSSR count). The number of piperidine rings is 2. The topological polar surface area (TPSA) is 80.1 Å². The van der Waals surface area contributed by atoms with E-state index >= 15 is 0 Å². The molecular formula is C22H35N7. The minimum atomic E-state index is 0.408. The Labute approximate surface area is 174 Å². The SMILES string of the molecule is N#Cc1cnc(N[C@@H]2CCN(CCC3CCCN(CC4CCNCC4)C3)C2)nc1. The van der Waals surface area contributed by atoms with Crippen molar-refractivity contribution in [1.82, 2.24) is 25.1 Å². The summed E-state index contributed by atoms with van der Waals surface area (Å²) in [5.41, 5.74) is 0.505. The molecule has 0 aromatic carbocycles. The van der Waals surface area contributed by atoms with E-state index in [2.05, 4.69) is 36.5 Å². The van der Waals surface area contributed by atoms with Crippen LogP contribution in [-0.4, -0.2) is 78.2 Å². The highest BCUT2D eigenvalue weighted by atomic mass is 15.2. The fourth-order valence-corrected chi connectivity index (χ4v) is 5.14. The maximum absolute atomic E-state index is 8.85. The average Bonchev–Trinajstić information content (AvgIpc) is 3.21. The Bertz CT molecular complexity index is 665. The Hall–Kier alpha value is -1.75. The number of hydrogen-bond acceptors (Lipinski definition) is 7. The molecule has 0 aliphatic carbocycles. The molecule has 3 saturated heterocycles. The highest BCUT2D eigenvalue weighted by Crippen LogP contribution is 2.24. The van der Waals surface area contributed by atoms with E-state index in [1.807, 2.05) is 0 Å². The third kappa shape index (κ3) is 6.11. The number of anilines is 1. The Balaban J connectivity index is 1.16. The summed E-state index contributed by atoms with van der Waals surface area (Å²) in [7, 11) is 0. The quantitative estimate of drug-likeness (QED) is 0.728. The molecule has 0 amide bonds. The second-order valence-electron chi connectivity index (χ2n) is 9.09. The number of likely N-dealkylation sites (tertiary alicyclic amines) is 2. The third-order valence-electron chi connectivity index (χ3n) is 6.82. The van der Waals surface area contributed by atoms with Gasteiger partial charge in [-0.1, -0.05) is 0 Å². The molecule has 7 heteroatoms. The van der Waals surface area contributed by atoms with E-state index in [9.17, 15) is 0 Å². The van der Waals surface area contributed by atoms with E-state index in [0.29, 0.717) is 17.6 Å². The first-order chi connectivity index (χ1) is 14.3. The second-order valence-corrected chi connectivity index (χ2v) is 9.09. The van der Waals surface area contributed by atoms with Crippen LogP contribution in [0.25, 0.3) is 0 Å². The molecule has 4 heterocycles. The lowest BCUT2D eigenvalue weighted by Crippen LogP contribution is -2.42. The third-order valence-corrected chi connectivity index (χ3v) is 6.82. The summed E-state index contributed by atoms with van der Waals surface area (Å²) in [5.74, 6) is 2.40. The Morgan fingerprint density at radius 2 is 1.86 bits per heavy atom. The summed E-state index contributed by atoms with van der Waals surface area (Å²) in [6.45, 7) is 9.77. The zero-order valence-electron chi connectivity index (χ0n) is 17.5. The van der Waals surface area contributed by atoms with E-state index < -0.39 is 0 Å². The van der Waals surface area contributed by atoms with Gasteiger partial charge in [0.25, 0.3) is 0 Å². The predicted octanol–water partition coefficient (Wildman–Crippen LogP) is 1.94. The highest BCUT2D eigenvalue weighted by molar-refractivity contribution is 5.31. The van der Waals surface area contributed by atoms with Gasteiger partial charge < -0.3 is 20.4 Å². The lowest BCUT2D eigenvalue weighted by molar-refractivity contribution is 0.129. The van der Waals surface area contributed by atoms with Crippen LogP contribution in [-0.2, 0) is 0 Å². The molecule has 2 atom stereocenters. The molecule has 158 valence electrons. The molecule has 29 heavy (non-hydrogen) atoms. The van der Waals surface area contributed by atoms with Crippen molar-refractivity contribution >= 4 is 5.95 Å². The molecular weight excluding hydrogens is 362 g/mol. The van der Waals surface area contributed by atoms with E-state index in [-0.39, 0.29) is 0 Å². The Morgan fingerprint density at radius 3 is 2.66 bits per heavy atom. The lowest BCUT2D eigenvalue weighted by Gasteiger charge is -2.36. The van der Waals surface area contributed by atoms with Gasteiger partial charge in [-0.25, -0.2) is 9.97 Å². The zero-order valence-corrected chi connectivity index (χ0v) is 17.5. The average molecular weight is 398 g/mol. The van der Waals surface area contributed by atoms with Gasteiger partial charge in [-0.15, -0.1) is 0 Å². The maximum atomic E-state index is 8.85. The summed E-state index contributed by atoms with van der Waals surface area (Å²) < 4.78 is 0. The van der Waals surface area contributed by atoms with E-state index in [4.69, 9.17) is 5.26 Å². The largest absolute Gasteiger partial charge is 0.350 e. The number of hydrogen-bond donors (Lipinski definition) is 2. The number of nitrogens with zero attached hydrogens (tertiary/aromatic N) is 5. The van der Waals surface area contributed by atoms with Gasteiger partial charge in [0.1, 0.15) is 6.07 Å². The van der Waals surface area contributed by atoms with Crippen molar-refractivity contribution in [3.63, 3.8) is 0 Å². The van der Waals surface area contributed by atoms with Gasteiger partial charge in [0.05, 0.1) is 18.0 Å². The lowest BCUT2D eigenvalue weighted by atomic mass is 9.92. The molecule has 1 aromatic heterocycles. The van der Waals surface area contributed by atoms with Crippen LogP contribution in [0.5, 0.6) is 0 Å². The first-order valence-electron chi connectivity index (χ1n) is 11.4. The monoisotopic (exact) mass is 397 g/mol. The summed E-state index contributed by atoms with van der Waals surface area (Å²) in [6.07, 6.45) is 11.1. The minimum Gasteiger partial charge on any atom is -0.350 e. The predicted molar refractivity (Wildman–Crippen MR) is 115 cm³/mol. The molecule has 1 aromatic rings. The second kappa shape index (κ2) is 10.3. The molecule has 0 saturated carbocycles. The van der Waals surface area contributed by atoms with Gasteiger partial charge >= 0.3 is 0 Å². The van der Waals surface area contributed by atoms with Gasteiger partial charge in [-0.2, -0.15) is 5.26 Å². The zero-order chi connectivity index (χ0) is 19.9. The molecule has 3 fully saturated rings. The fraction of sp³-hybridized carbons (Fsp3) is 0.773. The molecule has 0 radical (unpaired) electrons. The van der Waals surface area contributed by atoms with E-state index in [1.54, 1.807) is 12.4 Å². The van der Waals surface area contributed by atoms with Gasteiger partial charge in [-0.05, 0) is 76.5 Å². The van der Waals surface area contributed by atoms with Crippen LogP contribution in [0.4, 0.5) is 5.95 Å². The summed E-state index contributed by atoms with van der Waals surface area (Å²) in [4.78, 5) is 13.8. The molecule has 2 N–H and O–H groups in total. The maximum Gasteiger partial charge on any atom is 0.222 e. The molecule has 7 nitrogen and oxygen atoms in total. The number of aromatic nitrogens is 2. The van der Waals surface area contributed by atoms with E-state index in [1.165, 1.54) is 71.4 Å². The first-order valence-corrected chi connectivity index (χ1v) is 11.4. The Morgan fingerprint density at radius 1 is 1.03 bits per heavy atom. The van der Waals surface area contributed by atoms with Crippen molar-refractivity contribution in [2.45, 2.75) is 44.6 Å². The molecule has 3 aliphatic heterocycles. The molecule has 0 spiro atoms. The number of nitriles is 1. The van der Waals surface area contributed by atoms with Gasteiger partial charge in [0.15, 0.2) is 0 Å². The number of nitrogens with one attached hydrogen (secondary N) is 2. The van der Waals surface area contributed by atoms with Crippen LogP contribution in [0.1, 0.15) is 44.1 Å². The van der Waals surface area contributed by atoms with Crippen LogP contribution in [0, 0.1) is 23.2 Å². The van der Waals surface area contributed by atoms with Crippen LogP contribution in [0.2, 0.25) is 0 Å². The summed E-state index contributed by atoms with van der Waals surface area (Å²) in [5, 5.41) is 15.8. The summed E-state index contributed by atoms with van der Waals surface area (Å²) >= 11 is 0. The minimum absolute atomic E-state index is 0.408. The van der Waals surface area contributed by atoms with Crippen molar-refractivity contribution in [2.24, 2.45) is 11.8 Å². The van der Waals surface area contributed by atoms with Crippen LogP contribution < -0.4 is 10.6 Å². The van der Waals surface area contributed by atoms with Crippen molar-refractivity contribution in [2.75, 3.05) is 57.7 Å². The molecule has 3 aliphatic rings. The van der Waals surface area contributed by atoms with Crippen molar-refractivity contribution in [1.29, 1.82) is 5.26 Å². The Kier molecular flexibility index (Phi) is 7.31. The van der Waals surface area contributed by atoms with Crippen molar-refractivity contribution in [3.8, 4) is 6.07 Å². The van der Waals surface area contributed by atoms with Gasteiger partial charge in [0.2, 0.25) is 5.95 Å². The first kappa shape index (κ1) is 20.5. The normalized spacial score (nSPS) is 27.0. The summed E-state index contributed by atoms with van der Waals surface area (Å²) in [6, 6.07) is 2.47. The van der Waals surface area contributed by atoms with Crippen LogP contribution in [0.3, 0.4) is 0 Å². The van der Waals surface area contributed by atoms with Crippen LogP contribution in [0.15, 0.2) is 12.4 Å².